The van der Waals surface area contributed by atoms with Gasteiger partial charge in [0.25, 0.3) is 0 Å². The lowest BCUT2D eigenvalue weighted by Gasteiger charge is -2.28. The molecule has 2 N–H and O–H groups in total. The Morgan fingerprint density at radius 1 is 1.12 bits per heavy atom. The average Bonchev–Trinajstić information content (AvgIpc) is 2.69. The van der Waals surface area contributed by atoms with Crippen molar-refractivity contribution in [2.75, 3.05) is 42.7 Å². The molecule has 25 heavy (non-hydrogen) atoms. The number of hydrogen-bond donors (Lipinski definition) is 1. The molecule has 1 fully saturated rings. The quantitative estimate of drug-likeness (QED) is 0.817. The molecule has 0 bridgehead atoms. The van der Waals surface area contributed by atoms with Gasteiger partial charge in [0.05, 0.1) is 18.9 Å². The highest BCUT2D eigenvalue weighted by molar-refractivity contribution is 7.98. The van der Waals surface area contributed by atoms with E-state index in [0.717, 1.165) is 66.4 Å². The van der Waals surface area contributed by atoms with Gasteiger partial charge in [-0.3, -0.25) is 0 Å². The Labute approximate surface area is 155 Å². The zero-order valence-corrected chi connectivity index (χ0v) is 16.2. The van der Waals surface area contributed by atoms with Crippen molar-refractivity contribution >= 4 is 23.3 Å². The summed E-state index contributed by atoms with van der Waals surface area (Å²) >= 11 is 1.87. The Morgan fingerprint density at radius 2 is 1.80 bits per heavy atom. The third-order valence-electron chi connectivity index (χ3n) is 3.72. The number of morpholine rings is 1. The SMILES string of the molecule is CC.CCSCc1cc(N2CCOCC2)nc(-c2ccc(N)cc2)n1. The van der Waals surface area contributed by atoms with E-state index in [1.165, 1.54) is 0 Å². The van der Waals surface area contributed by atoms with Crippen LogP contribution in [0.4, 0.5) is 11.5 Å². The van der Waals surface area contributed by atoms with Gasteiger partial charge in [0.2, 0.25) is 0 Å². The Balaban J connectivity index is 0.00000109. The maximum Gasteiger partial charge on any atom is 0.161 e. The molecule has 0 radical (unpaired) electrons. The second-order valence-electron chi connectivity index (χ2n) is 5.40. The average molecular weight is 361 g/mol. The molecule has 0 spiro atoms. The third-order valence-corrected chi connectivity index (χ3v) is 4.63. The van der Waals surface area contributed by atoms with Crippen molar-refractivity contribution in [3.8, 4) is 11.4 Å². The number of hydrogen-bond acceptors (Lipinski definition) is 6. The monoisotopic (exact) mass is 360 g/mol. The molecule has 2 heterocycles. The lowest BCUT2D eigenvalue weighted by atomic mass is 10.2. The van der Waals surface area contributed by atoms with E-state index < -0.39 is 0 Å². The van der Waals surface area contributed by atoms with Crippen molar-refractivity contribution in [1.82, 2.24) is 9.97 Å². The molecule has 0 amide bonds. The second-order valence-corrected chi connectivity index (χ2v) is 6.67. The number of aromatic nitrogens is 2. The summed E-state index contributed by atoms with van der Waals surface area (Å²) in [4.78, 5) is 11.8. The van der Waals surface area contributed by atoms with E-state index in [1.54, 1.807) is 0 Å². The molecule has 0 atom stereocenters. The van der Waals surface area contributed by atoms with Crippen LogP contribution in [0.5, 0.6) is 0 Å². The molecular formula is C19H28N4OS. The predicted molar refractivity (Wildman–Crippen MR) is 108 cm³/mol. The van der Waals surface area contributed by atoms with Crippen molar-refractivity contribution < 1.29 is 4.74 Å². The Hall–Kier alpha value is -1.79. The number of nitrogen functional groups attached to an aromatic ring is 1. The minimum atomic E-state index is 0.750. The Morgan fingerprint density at radius 3 is 2.44 bits per heavy atom. The first-order valence-electron chi connectivity index (χ1n) is 8.90. The largest absolute Gasteiger partial charge is 0.399 e. The molecule has 0 aliphatic carbocycles. The standard InChI is InChI=1S/C17H22N4OS.C2H6/c1-2-23-12-15-11-16(21-7-9-22-10-8-21)20-17(19-15)13-3-5-14(18)6-4-13;1-2/h3-6,11H,2,7-10,12,18H2,1H3;1-2H3. The van der Waals surface area contributed by atoms with Crippen molar-refractivity contribution in [2.24, 2.45) is 0 Å². The number of rotatable bonds is 5. The number of nitrogens with two attached hydrogens (primary N) is 1. The van der Waals surface area contributed by atoms with Gasteiger partial charge in [-0.15, -0.1) is 0 Å². The summed E-state index contributed by atoms with van der Waals surface area (Å²) in [6.45, 7) is 9.41. The number of benzene rings is 1. The van der Waals surface area contributed by atoms with Crippen LogP contribution in [0.3, 0.4) is 0 Å². The van der Waals surface area contributed by atoms with Gasteiger partial charge >= 0.3 is 0 Å². The van der Waals surface area contributed by atoms with Gasteiger partial charge in [-0.1, -0.05) is 20.8 Å². The van der Waals surface area contributed by atoms with Crippen molar-refractivity contribution in [3.05, 3.63) is 36.0 Å². The van der Waals surface area contributed by atoms with Gasteiger partial charge in [0, 0.05) is 36.2 Å². The topological polar surface area (TPSA) is 64.3 Å². The molecule has 6 heteroatoms. The first-order chi connectivity index (χ1) is 12.3. The van der Waals surface area contributed by atoms with E-state index in [1.807, 2.05) is 49.9 Å². The zero-order valence-electron chi connectivity index (χ0n) is 15.4. The van der Waals surface area contributed by atoms with Crippen LogP contribution < -0.4 is 10.6 Å². The Bertz CT molecular complexity index is 642. The van der Waals surface area contributed by atoms with Crippen LogP contribution >= 0.6 is 11.8 Å². The highest BCUT2D eigenvalue weighted by Gasteiger charge is 2.15. The normalized spacial score (nSPS) is 14.0. The molecule has 136 valence electrons. The summed E-state index contributed by atoms with van der Waals surface area (Å²) in [6.07, 6.45) is 0. The minimum Gasteiger partial charge on any atom is -0.399 e. The van der Waals surface area contributed by atoms with E-state index >= 15 is 0 Å². The number of nitrogens with zero attached hydrogens (tertiary/aromatic N) is 3. The lowest BCUT2D eigenvalue weighted by Crippen LogP contribution is -2.37. The highest BCUT2D eigenvalue weighted by Crippen LogP contribution is 2.23. The van der Waals surface area contributed by atoms with E-state index in [2.05, 4.69) is 17.9 Å². The molecule has 1 aliphatic rings. The van der Waals surface area contributed by atoms with Crippen LogP contribution in [0, 0.1) is 0 Å². The summed E-state index contributed by atoms with van der Waals surface area (Å²) in [5, 5.41) is 0. The maximum atomic E-state index is 5.78. The van der Waals surface area contributed by atoms with Crippen LogP contribution in [0.1, 0.15) is 26.5 Å². The first kappa shape index (κ1) is 19.5. The molecule has 1 saturated heterocycles. The lowest BCUT2D eigenvalue weighted by molar-refractivity contribution is 0.122. The van der Waals surface area contributed by atoms with Crippen LogP contribution in [0.2, 0.25) is 0 Å². The van der Waals surface area contributed by atoms with Gasteiger partial charge in [-0.2, -0.15) is 11.8 Å². The summed E-state index contributed by atoms with van der Waals surface area (Å²) < 4.78 is 5.44. The maximum absolute atomic E-state index is 5.78. The van der Waals surface area contributed by atoms with Gasteiger partial charge in [-0.05, 0) is 30.0 Å². The van der Waals surface area contributed by atoms with Crippen molar-refractivity contribution in [1.29, 1.82) is 0 Å². The molecule has 0 unspecified atom stereocenters. The Kier molecular flexibility index (Phi) is 8.01. The van der Waals surface area contributed by atoms with Crippen LogP contribution in [-0.2, 0) is 10.5 Å². The van der Waals surface area contributed by atoms with Gasteiger partial charge in [0.1, 0.15) is 5.82 Å². The molecule has 1 aromatic carbocycles. The van der Waals surface area contributed by atoms with Gasteiger partial charge < -0.3 is 15.4 Å². The fraction of sp³-hybridized carbons (Fsp3) is 0.474. The molecule has 1 aliphatic heterocycles. The number of thioether (sulfide) groups is 1. The molecule has 0 saturated carbocycles. The molecule has 3 rings (SSSR count). The van der Waals surface area contributed by atoms with E-state index in [9.17, 15) is 0 Å². The van der Waals surface area contributed by atoms with E-state index in [4.69, 9.17) is 20.4 Å². The summed E-state index contributed by atoms with van der Waals surface area (Å²) in [7, 11) is 0. The van der Waals surface area contributed by atoms with Crippen LogP contribution in [-0.4, -0.2) is 42.0 Å². The van der Waals surface area contributed by atoms with Crippen molar-refractivity contribution in [2.45, 2.75) is 26.5 Å². The molecule has 2 aromatic rings. The minimum absolute atomic E-state index is 0.750. The highest BCUT2D eigenvalue weighted by atomic mass is 32.2. The fourth-order valence-electron chi connectivity index (χ4n) is 2.48. The third kappa shape index (κ3) is 5.61. The summed E-state index contributed by atoms with van der Waals surface area (Å²) in [5.74, 6) is 3.73. The first-order valence-corrected chi connectivity index (χ1v) is 10.1. The van der Waals surface area contributed by atoms with E-state index in [0.29, 0.717) is 0 Å². The number of anilines is 2. The van der Waals surface area contributed by atoms with Crippen molar-refractivity contribution in [3.63, 3.8) is 0 Å². The summed E-state index contributed by atoms with van der Waals surface area (Å²) in [5.41, 5.74) is 8.60. The summed E-state index contributed by atoms with van der Waals surface area (Å²) in [6, 6.07) is 9.84. The van der Waals surface area contributed by atoms with Crippen LogP contribution in [0.25, 0.3) is 11.4 Å². The van der Waals surface area contributed by atoms with Crippen LogP contribution in [0.15, 0.2) is 30.3 Å². The predicted octanol–water partition coefficient (Wildman–Crippen LogP) is 3.84. The second kappa shape index (κ2) is 10.3. The smallest absolute Gasteiger partial charge is 0.161 e. The number of ether oxygens (including phenoxy) is 1. The van der Waals surface area contributed by atoms with E-state index in [-0.39, 0.29) is 0 Å². The van der Waals surface area contributed by atoms with Gasteiger partial charge in [0.15, 0.2) is 5.82 Å². The fourth-order valence-corrected chi connectivity index (χ4v) is 3.04. The zero-order chi connectivity index (χ0) is 18.1. The molecule has 1 aromatic heterocycles. The molecule has 5 nitrogen and oxygen atoms in total. The molecular weight excluding hydrogens is 332 g/mol. The van der Waals surface area contributed by atoms with Gasteiger partial charge in [-0.25, -0.2) is 9.97 Å².